The molecule has 1 rings (SSSR count). The van der Waals surface area contributed by atoms with Crippen LogP contribution in [0.3, 0.4) is 0 Å². The minimum atomic E-state index is 0.435. The second-order valence-electron chi connectivity index (χ2n) is 5.79. The fourth-order valence-electron chi connectivity index (χ4n) is 2.58. The van der Waals surface area contributed by atoms with E-state index in [1.54, 1.807) is 14.2 Å². The molecule has 0 bridgehead atoms. The summed E-state index contributed by atoms with van der Waals surface area (Å²) in [5.74, 6) is 1.57. The predicted molar refractivity (Wildman–Crippen MR) is 126 cm³/mol. The van der Waals surface area contributed by atoms with E-state index in [2.05, 4.69) is 44.7 Å². The summed E-state index contributed by atoms with van der Waals surface area (Å²) in [4.78, 5) is 2.42. The molecule has 0 saturated carbocycles. The first kappa shape index (κ1) is 31.3. The molecule has 28 heavy (non-hydrogen) atoms. The van der Waals surface area contributed by atoms with Crippen LogP contribution < -0.4 is 14.4 Å². The molecular weight excluding hydrogens is 350 g/mol. The maximum Gasteiger partial charge on any atom is 0.163 e. The van der Waals surface area contributed by atoms with Crippen molar-refractivity contribution in [1.29, 1.82) is 0 Å². The van der Waals surface area contributed by atoms with Crippen LogP contribution in [0, 0.1) is 0 Å². The van der Waals surface area contributed by atoms with Gasteiger partial charge in [-0.2, -0.15) is 0 Å². The molecule has 4 nitrogen and oxygen atoms in total. The Hall–Kier alpha value is -1.42. The molecule has 1 atom stereocenters. The summed E-state index contributed by atoms with van der Waals surface area (Å²) in [5, 5.41) is 0. The van der Waals surface area contributed by atoms with Crippen LogP contribution in [0.4, 0.5) is 5.69 Å². The van der Waals surface area contributed by atoms with Gasteiger partial charge in [-0.25, -0.2) is 0 Å². The molecular formula is C24H49NO3. The molecule has 0 spiro atoms. The number of methoxy groups -OCH3 is 2. The third-order valence-corrected chi connectivity index (χ3v) is 3.82. The largest absolute Gasteiger partial charge is 0.493 e. The summed E-state index contributed by atoms with van der Waals surface area (Å²) in [7, 11) is 3.37. The number of benzene rings is 1. The second kappa shape index (κ2) is 21.9. The first-order valence-corrected chi connectivity index (χ1v) is 11.1. The molecule has 1 aromatic rings. The molecule has 0 saturated heterocycles. The normalized spacial score (nSPS) is 10.3. The lowest BCUT2D eigenvalue weighted by atomic mass is 10.1. The first-order chi connectivity index (χ1) is 13.5. The molecule has 0 aliphatic rings. The van der Waals surface area contributed by atoms with Crippen LogP contribution in [0.15, 0.2) is 18.2 Å². The number of hydrogen-bond acceptors (Lipinski definition) is 4. The summed E-state index contributed by atoms with van der Waals surface area (Å²) >= 11 is 0. The maximum atomic E-state index is 5.88. The Kier molecular flexibility index (Phi) is 24.4. The Bertz CT molecular complexity index is 436. The van der Waals surface area contributed by atoms with Gasteiger partial charge in [0.2, 0.25) is 0 Å². The van der Waals surface area contributed by atoms with E-state index in [0.29, 0.717) is 25.3 Å². The van der Waals surface area contributed by atoms with Crippen molar-refractivity contribution in [3.05, 3.63) is 18.2 Å². The van der Waals surface area contributed by atoms with Crippen molar-refractivity contribution in [3.63, 3.8) is 0 Å². The molecule has 0 aromatic heterocycles. The lowest BCUT2D eigenvalue weighted by Gasteiger charge is -2.35. The Balaban J connectivity index is -0.000000946. The van der Waals surface area contributed by atoms with Gasteiger partial charge in [-0.1, -0.05) is 48.5 Å². The van der Waals surface area contributed by atoms with Crippen LogP contribution in [0.5, 0.6) is 11.5 Å². The van der Waals surface area contributed by atoms with Crippen LogP contribution >= 0.6 is 0 Å². The van der Waals surface area contributed by atoms with Gasteiger partial charge in [-0.3, -0.25) is 0 Å². The molecule has 0 aliphatic carbocycles. The van der Waals surface area contributed by atoms with Crippen molar-refractivity contribution < 1.29 is 14.2 Å². The van der Waals surface area contributed by atoms with Crippen LogP contribution in [0.25, 0.3) is 0 Å². The number of anilines is 1. The van der Waals surface area contributed by atoms with E-state index in [-0.39, 0.29) is 0 Å². The smallest absolute Gasteiger partial charge is 0.163 e. The van der Waals surface area contributed by atoms with Gasteiger partial charge in [0, 0.05) is 44.0 Å². The highest BCUT2D eigenvalue weighted by atomic mass is 16.5. The minimum absolute atomic E-state index is 0.435. The van der Waals surface area contributed by atoms with Gasteiger partial charge in [-0.15, -0.1) is 0 Å². The van der Waals surface area contributed by atoms with Gasteiger partial charge >= 0.3 is 0 Å². The quantitative estimate of drug-likeness (QED) is 0.389. The van der Waals surface area contributed by atoms with Crippen molar-refractivity contribution in [3.8, 4) is 11.5 Å². The average Bonchev–Trinajstić information content (AvgIpc) is 2.75. The van der Waals surface area contributed by atoms with E-state index in [9.17, 15) is 0 Å². The average molecular weight is 400 g/mol. The van der Waals surface area contributed by atoms with E-state index >= 15 is 0 Å². The SMILES string of the molecule is CC.CC.CC.CC[C@@H](C)N(c1ccc(OC)c(OCCCOC)c1)C(C)C. The minimum Gasteiger partial charge on any atom is -0.493 e. The Morgan fingerprint density at radius 2 is 1.43 bits per heavy atom. The Morgan fingerprint density at radius 3 is 1.86 bits per heavy atom. The van der Waals surface area contributed by atoms with E-state index in [1.165, 1.54) is 5.69 Å². The Labute approximate surface area is 176 Å². The molecule has 0 unspecified atom stereocenters. The van der Waals surface area contributed by atoms with E-state index in [4.69, 9.17) is 14.2 Å². The van der Waals surface area contributed by atoms with Crippen molar-refractivity contribution in [2.75, 3.05) is 32.3 Å². The van der Waals surface area contributed by atoms with Crippen LogP contribution in [-0.4, -0.2) is 39.5 Å². The van der Waals surface area contributed by atoms with E-state index in [1.807, 2.05) is 47.6 Å². The van der Waals surface area contributed by atoms with Crippen LogP contribution in [0.2, 0.25) is 0 Å². The highest BCUT2D eigenvalue weighted by Gasteiger charge is 2.18. The third kappa shape index (κ3) is 12.1. The summed E-state index contributed by atoms with van der Waals surface area (Å²) in [6.07, 6.45) is 1.97. The molecule has 0 aliphatic heterocycles. The third-order valence-electron chi connectivity index (χ3n) is 3.82. The molecule has 0 fully saturated rings. The summed E-state index contributed by atoms with van der Waals surface area (Å²) in [6.45, 7) is 22.2. The van der Waals surface area contributed by atoms with Gasteiger partial charge in [0.05, 0.1) is 13.7 Å². The van der Waals surface area contributed by atoms with Gasteiger partial charge in [0.25, 0.3) is 0 Å². The lowest BCUT2D eigenvalue weighted by molar-refractivity contribution is 0.170. The molecule has 1 aromatic carbocycles. The van der Waals surface area contributed by atoms with Crippen LogP contribution in [0.1, 0.15) is 82.1 Å². The number of rotatable bonds is 10. The zero-order valence-electron chi connectivity index (χ0n) is 20.9. The fraction of sp³-hybridized carbons (Fsp3) is 0.750. The van der Waals surface area contributed by atoms with Crippen molar-refractivity contribution in [1.82, 2.24) is 0 Å². The molecule has 0 radical (unpaired) electrons. The second-order valence-corrected chi connectivity index (χ2v) is 5.79. The molecule has 0 N–H and O–H groups in total. The summed E-state index contributed by atoms with van der Waals surface area (Å²) < 4.78 is 16.3. The van der Waals surface area contributed by atoms with Gasteiger partial charge in [0.1, 0.15) is 0 Å². The van der Waals surface area contributed by atoms with Gasteiger partial charge in [0.15, 0.2) is 11.5 Å². The van der Waals surface area contributed by atoms with Crippen molar-refractivity contribution >= 4 is 5.69 Å². The van der Waals surface area contributed by atoms with E-state index in [0.717, 1.165) is 24.3 Å². The lowest BCUT2D eigenvalue weighted by Crippen LogP contribution is -2.38. The summed E-state index contributed by atoms with van der Waals surface area (Å²) in [5.41, 5.74) is 1.17. The number of hydrogen-bond donors (Lipinski definition) is 0. The summed E-state index contributed by atoms with van der Waals surface area (Å²) in [6, 6.07) is 7.09. The molecule has 4 heteroatoms. The Morgan fingerprint density at radius 1 is 0.857 bits per heavy atom. The first-order valence-electron chi connectivity index (χ1n) is 11.1. The topological polar surface area (TPSA) is 30.9 Å². The van der Waals surface area contributed by atoms with Gasteiger partial charge < -0.3 is 19.1 Å². The zero-order valence-corrected chi connectivity index (χ0v) is 20.9. The van der Waals surface area contributed by atoms with Crippen molar-refractivity contribution in [2.45, 2.75) is 94.2 Å². The molecule has 0 amide bonds. The molecule has 168 valence electrons. The van der Waals surface area contributed by atoms with E-state index < -0.39 is 0 Å². The maximum absolute atomic E-state index is 5.88. The standard InChI is InChI=1S/C18H31NO3.3C2H6/c1-7-15(4)19(14(2)3)16-9-10-17(21-6)18(13-16)22-12-8-11-20-5;3*1-2/h9-10,13-15H,7-8,11-12H2,1-6H3;3*1-2H3/t15-;;;/m1.../s1. The fourth-order valence-corrected chi connectivity index (χ4v) is 2.58. The predicted octanol–water partition coefficient (Wildman–Crippen LogP) is 7.20. The number of ether oxygens (including phenoxy) is 3. The molecule has 0 heterocycles. The van der Waals surface area contributed by atoms with Crippen molar-refractivity contribution in [2.24, 2.45) is 0 Å². The van der Waals surface area contributed by atoms with Crippen LogP contribution in [-0.2, 0) is 4.74 Å². The monoisotopic (exact) mass is 399 g/mol. The highest BCUT2D eigenvalue weighted by Crippen LogP contribution is 2.33. The van der Waals surface area contributed by atoms with Gasteiger partial charge in [-0.05, 0) is 39.3 Å². The number of nitrogens with zero attached hydrogens (tertiary/aromatic N) is 1. The zero-order chi connectivity index (χ0) is 22.5. The highest BCUT2D eigenvalue weighted by molar-refractivity contribution is 5.57.